The minimum absolute atomic E-state index is 0.279. The van der Waals surface area contributed by atoms with Crippen LogP contribution in [0, 0.1) is 12.7 Å². The molecule has 1 saturated heterocycles. The number of anilines is 3. The number of fused-ring (bicyclic) bond motifs is 4. The molecule has 1 atom stereocenters. The maximum Gasteiger partial charge on any atom is 0.211 e. The first-order valence-electron chi connectivity index (χ1n) is 9.78. The maximum absolute atomic E-state index is 14.5. The van der Waals surface area contributed by atoms with Gasteiger partial charge < -0.3 is 15.1 Å². The molecule has 5 rings (SSSR count). The van der Waals surface area contributed by atoms with Crippen molar-refractivity contribution in [2.75, 3.05) is 35.3 Å². The smallest absolute Gasteiger partial charge is 0.211 e. The highest BCUT2D eigenvalue weighted by atomic mass is 19.1. The summed E-state index contributed by atoms with van der Waals surface area (Å²) in [6.45, 7) is 3.86. The molecular weight excluding hydrogens is 383 g/mol. The number of halogens is 1. The average molecular weight is 406 g/mol. The minimum Gasteiger partial charge on any atom is -0.366 e. The van der Waals surface area contributed by atoms with Crippen molar-refractivity contribution in [2.45, 2.75) is 19.4 Å². The van der Waals surface area contributed by atoms with Crippen molar-refractivity contribution in [1.29, 1.82) is 0 Å². The molecule has 0 spiro atoms. The Kier molecular flexibility index (Phi) is 5.56. The van der Waals surface area contributed by atoms with E-state index in [2.05, 4.69) is 30.1 Å². The predicted octanol–water partition coefficient (Wildman–Crippen LogP) is 3.27. The zero-order valence-corrected chi connectivity index (χ0v) is 16.9. The lowest BCUT2D eigenvalue weighted by molar-refractivity contribution is -0.105. The van der Waals surface area contributed by atoms with Gasteiger partial charge in [-0.25, -0.2) is 9.37 Å². The fraction of sp³-hybridized carbons (Fsp3) is 0.273. The minimum atomic E-state index is -0.279. The van der Waals surface area contributed by atoms with Gasteiger partial charge in [-0.1, -0.05) is 0 Å². The molecule has 30 heavy (non-hydrogen) atoms. The van der Waals surface area contributed by atoms with Gasteiger partial charge in [0, 0.05) is 55.9 Å². The normalized spacial score (nSPS) is 16.4. The first-order valence-corrected chi connectivity index (χ1v) is 9.78. The molecule has 2 aliphatic rings. The summed E-state index contributed by atoms with van der Waals surface area (Å²) in [7, 11) is 2.05. The van der Waals surface area contributed by atoms with Crippen LogP contribution in [0.4, 0.5) is 21.6 Å². The summed E-state index contributed by atoms with van der Waals surface area (Å²) in [6, 6.07) is 9.38. The number of nitrogens with one attached hydrogen (secondary N) is 1. The molecule has 2 aliphatic heterocycles. The largest absolute Gasteiger partial charge is 0.366 e. The Labute approximate surface area is 174 Å². The number of carbonyl (C=O) groups excluding carboxylic acids is 1. The topological polar surface area (TPSA) is 74.2 Å². The highest BCUT2D eigenvalue weighted by molar-refractivity contribution is 5.75. The summed E-state index contributed by atoms with van der Waals surface area (Å²) in [5.74, 6) is 0.596. The van der Waals surface area contributed by atoms with Crippen LogP contribution in [0.15, 0.2) is 48.9 Å². The van der Waals surface area contributed by atoms with Crippen LogP contribution in [0.1, 0.15) is 12.1 Å². The Hall–Kier alpha value is -3.55. The number of rotatable bonds is 3. The lowest BCUT2D eigenvalue weighted by Crippen LogP contribution is -2.40. The number of nitrogens with zero attached hydrogens (tertiary/aromatic N) is 5. The van der Waals surface area contributed by atoms with E-state index in [0.717, 1.165) is 42.3 Å². The van der Waals surface area contributed by atoms with Crippen molar-refractivity contribution >= 4 is 23.6 Å². The zero-order chi connectivity index (χ0) is 21.1. The van der Waals surface area contributed by atoms with Crippen molar-refractivity contribution in [3.05, 3.63) is 60.4 Å². The number of likely N-dealkylation sites (N-methyl/N-ethyl adjacent to an activating group) is 1. The Bertz CT molecular complexity index is 1030. The van der Waals surface area contributed by atoms with Crippen LogP contribution in [0.25, 0.3) is 11.3 Å². The van der Waals surface area contributed by atoms with Crippen molar-refractivity contribution in [1.82, 2.24) is 15.0 Å². The fourth-order valence-corrected chi connectivity index (χ4v) is 3.74. The van der Waals surface area contributed by atoms with E-state index in [0.29, 0.717) is 23.8 Å². The van der Waals surface area contributed by atoms with Crippen LogP contribution in [-0.4, -0.2) is 47.5 Å². The highest BCUT2D eigenvalue weighted by Crippen LogP contribution is 2.40. The van der Waals surface area contributed by atoms with Gasteiger partial charge in [-0.2, -0.15) is 0 Å². The van der Waals surface area contributed by atoms with Crippen molar-refractivity contribution in [3.8, 4) is 11.3 Å². The molecule has 3 aromatic rings. The molecule has 1 amide bonds. The molecule has 1 fully saturated rings. The van der Waals surface area contributed by atoms with Gasteiger partial charge in [-0.05, 0) is 37.6 Å². The summed E-state index contributed by atoms with van der Waals surface area (Å²) in [5, 5.41) is 2.46. The third kappa shape index (κ3) is 3.94. The van der Waals surface area contributed by atoms with Gasteiger partial charge in [0.2, 0.25) is 6.41 Å². The maximum atomic E-state index is 14.5. The van der Waals surface area contributed by atoms with E-state index in [4.69, 9.17) is 0 Å². The van der Waals surface area contributed by atoms with Crippen LogP contribution in [0.2, 0.25) is 0 Å². The zero-order valence-electron chi connectivity index (χ0n) is 16.9. The molecule has 0 radical (unpaired) electrons. The predicted molar refractivity (Wildman–Crippen MR) is 115 cm³/mol. The van der Waals surface area contributed by atoms with Crippen molar-refractivity contribution in [3.63, 3.8) is 0 Å². The summed E-state index contributed by atoms with van der Waals surface area (Å²) in [5.41, 5.74) is 3.65. The average Bonchev–Trinajstić information content (AvgIpc) is 3.21. The second kappa shape index (κ2) is 8.44. The molecule has 154 valence electrons. The van der Waals surface area contributed by atoms with Gasteiger partial charge in [0.15, 0.2) is 11.6 Å². The first-order chi connectivity index (χ1) is 14.6. The number of carbonyl (C=O) groups is 1. The van der Waals surface area contributed by atoms with Crippen LogP contribution in [0.5, 0.6) is 0 Å². The van der Waals surface area contributed by atoms with Crippen LogP contribution >= 0.6 is 0 Å². The molecule has 5 heterocycles. The molecule has 7 nitrogen and oxygen atoms in total. The number of aryl methyl sites for hydroxylation is 1. The quantitative estimate of drug-likeness (QED) is 0.673. The van der Waals surface area contributed by atoms with Crippen LogP contribution < -0.4 is 15.1 Å². The van der Waals surface area contributed by atoms with E-state index in [9.17, 15) is 9.18 Å². The van der Waals surface area contributed by atoms with E-state index in [1.807, 2.05) is 26.1 Å². The number of hydrogen-bond donors (Lipinski definition) is 1. The molecule has 8 heteroatoms. The number of amides is 1. The summed E-state index contributed by atoms with van der Waals surface area (Å²) < 4.78 is 14.5. The third-order valence-electron chi connectivity index (χ3n) is 5.39. The fourth-order valence-electron chi connectivity index (χ4n) is 3.74. The molecule has 1 unspecified atom stereocenters. The summed E-state index contributed by atoms with van der Waals surface area (Å²) in [4.78, 5) is 26.9. The summed E-state index contributed by atoms with van der Waals surface area (Å²) in [6.07, 6.45) is 6.64. The Morgan fingerprint density at radius 1 is 1.27 bits per heavy atom. The molecule has 1 N–H and O–H groups in total. The molecule has 2 bridgehead atoms. The number of aromatic nitrogens is 3. The second-order valence-corrected chi connectivity index (χ2v) is 7.35. The molecule has 3 aromatic heterocycles. The molecule has 0 aromatic carbocycles. The Balaban J connectivity index is 0.000000204. The van der Waals surface area contributed by atoms with Crippen LogP contribution in [-0.2, 0) is 4.79 Å². The lowest BCUT2D eigenvalue weighted by atomic mass is 10.1. The summed E-state index contributed by atoms with van der Waals surface area (Å²) >= 11 is 0. The van der Waals surface area contributed by atoms with Gasteiger partial charge in [0.05, 0.1) is 17.6 Å². The molecule has 0 saturated carbocycles. The number of hydrogen-bond acceptors (Lipinski definition) is 6. The van der Waals surface area contributed by atoms with Gasteiger partial charge in [-0.3, -0.25) is 14.8 Å². The van der Waals surface area contributed by atoms with E-state index >= 15 is 0 Å². The van der Waals surface area contributed by atoms with E-state index in [1.54, 1.807) is 36.8 Å². The van der Waals surface area contributed by atoms with Crippen molar-refractivity contribution < 1.29 is 9.18 Å². The first kappa shape index (κ1) is 19.8. The van der Waals surface area contributed by atoms with E-state index in [-0.39, 0.29) is 5.82 Å². The standard InChI is InChI=1S/C16H17FN4.C6H6N2O/c1-10-3-4-11(8-18-10)15-13(17)7-14-16(19-15)20(2)12-5-6-21(14)9-12;9-5-8-6-2-1-3-7-4-6/h3-4,7-8,12H,5-6,9H2,1-2H3;1-5H,(H,8,9). The van der Waals surface area contributed by atoms with Crippen molar-refractivity contribution in [2.24, 2.45) is 0 Å². The van der Waals surface area contributed by atoms with Gasteiger partial charge in [-0.15, -0.1) is 0 Å². The van der Waals surface area contributed by atoms with Crippen LogP contribution in [0.3, 0.4) is 0 Å². The SMILES string of the molecule is Cc1ccc(-c2nc3c(cc2F)N2CCC(C2)N3C)cn1.O=CNc1cccnc1. The van der Waals surface area contributed by atoms with E-state index < -0.39 is 0 Å². The second-order valence-electron chi connectivity index (χ2n) is 7.35. The molecular formula is C22H23FN6O. The van der Waals surface area contributed by atoms with E-state index in [1.165, 1.54) is 0 Å². The lowest BCUT2D eigenvalue weighted by Gasteiger charge is -2.35. The van der Waals surface area contributed by atoms with Gasteiger partial charge >= 0.3 is 0 Å². The van der Waals surface area contributed by atoms with Gasteiger partial charge in [0.25, 0.3) is 0 Å². The third-order valence-corrected chi connectivity index (χ3v) is 5.39. The Morgan fingerprint density at radius 3 is 2.83 bits per heavy atom. The monoisotopic (exact) mass is 406 g/mol. The van der Waals surface area contributed by atoms with Gasteiger partial charge in [0.1, 0.15) is 5.69 Å². The molecule has 0 aliphatic carbocycles. The highest BCUT2D eigenvalue weighted by Gasteiger charge is 2.35. The Morgan fingerprint density at radius 2 is 2.13 bits per heavy atom. The number of pyridine rings is 3.